The second kappa shape index (κ2) is 12.8. The number of halogens is 1. The summed E-state index contributed by atoms with van der Waals surface area (Å²) in [7, 11) is 1.54. The molecule has 2 aliphatic heterocycles. The molecule has 1 saturated heterocycles. The highest BCUT2D eigenvalue weighted by Gasteiger charge is 2.40. The van der Waals surface area contributed by atoms with E-state index in [1.807, 2.05) is 12.1 Å². The number of amides is 4. The molecule has 2 aliphatic rings. The van der Waals surface area contributed by atoms with Gasteiger partial charge in [0, 0.05) is 45.2 Å². The average Bonchev–Trinajstić information content (AvgIpc) is 3.38. The normalized spacial score (nSPS) is 19.7. The molecular weight excluding hydrogens is 526 g/mol. The molecule has 12 heteroatoms. The zero-order valence-electron chi connectivity index (χ0n) is 21.9. The topological polar surface area (TPSA) is 130 Å². The molecule has 0 spiro atoms. The van der Waals surface area contributed by atoms with Gasteiger partial charge in [0.05, 0.1) is 31.1 Å². The number of ether oxygens (including phenoxy) is 2. The number of pyridine rings is 1. The molecule has 11 nitrogen and oxygen atoms in total. The van der Waals surface area contributed by atoms with Crippen molar-refractivity contribution in [3.63, 3.8) is 0 Å². The van der Waals surface area contributed by atoms with Gasteiger partial charge < -0.3 is 29.9 Å². The summed E-state index contributed by atoms with van der Waals surface area (Å²) < 4.78 is 11.6. The van der Waals surface area contributed by atoms with E-state index in [1.54, 1.807) is 28.0 Å². The lowest BCUT2D eigenvalue weighted by Crippen LogP contribution is -2.40. The Morgan fingerprint density at radius 3 is 2.67 bits per heavy atom. The van der Waals surface area contributed by atoms with Crippen molar-refractivity contribution in [2.75, 3.05) is 53.0 Å². The van der Waals surface area contributed by atoms with E-state index in [9.17, 15) is 19.2 Å². The van der Waals surface area contributed by atoms with Gasteiger partial charge in [0.25, 0.3) is 5.91 Å². The number of carbonyl (C=O) groups is 4. The molecule has 2 atom stereocenters. The first-order valence-corrected chi connectivity index (χ1v) is 13.2. The average molecular weight is 558 g/mol. The molecule has 1 aromatic carbocycles. The van der Waals surface area contributed by atoms with E-state index in [0.29, 0.717) is 49.1 Å². The number of carbonyl (C=O) groups excluding carboxylic acids is 4. The van der Waals surface area contributed by atoms with Crippen LogP contribution >= 0.6 is 11.6 Å². The second-order valence-corrected chi connectivity index (χ2v) is 9.92. The maximum Gasteiger partial charge on any atom is 0.272 e. The molecule has 208 valence electrons. The number of fused-ring (bicyclic) bond motifs is 4. The molecule has 1 fully saturated rings. The number of nitrogens with one attached hydrogen (secondary N) is 2. The van der Waals surface area contributed by atoms with Gasteiger partial charge in [-0.25, -0.2) is 4.98 Å². The summed E-state index contributed by atoms with van der Waals surface area (Å²) in [6, 6.07) is 8.65. The van der Waals surface area contributed by atoms with Crippen LogP contribution in [0.3, 0.4) is 0 Å². The third-order valence-electron chi connectivity index (χ3n) is 6.87. The Morgan fingerprint density at radius 2 is 1.95 bits per heavy atom. The minimum Gasteiger partial charge on any atom is -0.493 e. The molecule has 1 aromatic heterocycles. The SMILES string of the molecule is COc1ccc2cc1OCCN(C(=O)c1ccc(Cl)cn1)CCCNC(=O)[C@H]1CN(C(=O)CNC(C)=O)C[C@H]21. The highest BCUT2D eigenvalue weighted by atomic mass is 35.5. The van der Waals surface area contributed by atoms with Crippen molar-refractivity contribution >= 4 is 35.2 Å². The minimum absolute atomic E-state index is 0.125. The molecule has 0 aliphatic carbocycles. The third kappa shape index (κ3) is 6.97. The van der Waals surface area contributed by atoms with Gasteiger partial charge in [-0.05, 0) is 36.2 Å². The number of benzene rings is 1. The summed E-state index contributed by atoms with van der Waals surface area (Å²) >= 11 is 5.92. The Kier molecular flexibility index (Phi) is 9.23. The van der Waals surface area contributed by atoms with Crippen molar-refractivity contribution in [1.29, 1.82) is 0 Å². The number of rotatable bonds is 4. The lowest BCUT2D eigenvalue weighted by Gasteiger charge is -2.25. The number of methoxy groups -OCH3 is 1. The molecule has 4 rings (SSSR count). The van der Waals surface area contributed by atoms with Crippen LogP contribution in [0.1, 0.15) is 35.3 Å². The maximum atomic E-state index is 13.3. The maximum absolute atomic E-state index is 13.3. The van der Waals surface area contributed by atoms with Crippen LogP contribution in [-0.4, -0.2) is 91.4 Å². The molecule has 2 aromatic rings. The number of nitrogens with zero attached hydrogens (tertiary/aromatic N) is 3. The fraction of sp³-hybridized carbons (Fsp3) is 0.444. The predicted octanol–water partition coefficient (Wildman–Crippen LogP) is 1.46. The number of aromatic nitrogens is 1. The van der Waals surface area contributed by atoms with Gasteiger partial charge in [0.15, 0.2) is 11.5 Å². The van der Waals surface area contributed by atoms with Crippen LogP contribution in [0.5, 0.6) is 11.5 Å². The van der Waals surface area contributed by atoms with Crippen molar-refractivity contribution in [3.8, 4) is 11.5 Å². The minimum atomic E-state index is -0.494. The van der Waals surface area contributed by atoms with E-state index in [1.165, 1.54) is 20.2 Å². The Morgan fingerprint density at radius 1 is 1.15 bits per heavy atom. The van der Waals surface area contributed by atoms with Gasteiger partial charge in [-0.15, -0.1) is 0 Å². The number of hydrogen-bond donors (Lipinski definition) is 2. The molecule has 0 radical (unpaired) electrons. The van der Waals surface area contributed by atoms with Crippen LogP contribution in [0, 0.1) is 5.92 Å². The summed E-state index contributed by atoms with van der Waals surface area (Å²) in [6.07, 6.45) is 1.94. The molecule has 2 N–H and O–H groups in total. The summed E-state index contributed by atoms with van der Waals surface area (Å²) in [5.74, 6) is -0.760. The molecule has 0 unspecified atom stereocenters. The first-order valence-electron chi connectivity index (χ1n) is 12.8. The van der Waals surface area contributed by atoms with Crippen LogP contribution in [0.25, 0.3) is 0 Å². The standard InChI is InChI=1S/C27H32ClN5O6/c1-17(34)30-14-25(35)33-15-20-18-4-7-23(38-2)24(12-18)39-11-10-32(9-3-8-29-26(36)21(20)16-33)27(37)22-6-5-19(28)13-31-22/h4-7,12-13,20-21H,3,8-11,14-16H2,1-2H3,(H,29,36)(H,30,34)/t20-,21+/m1/s1. The van der Waals surface area contributed by atoms with E-state index in [2.05, 4.69) is 15.6 Å². The third-order valence-corrected chi connectivity index (χ3v) is 7.09. The lowest BCUT2D eigenvalue weighted by molar-refractivity contribution is -0.132. The van der Waals surface area contributed by atoms with Gasteiger partial charge in [-0.3, -0.25) is 19.2 Å². The molecule has 39 heavy (non-hydrogen) atoms. The Labute approximate surface area is 231 Å². The molecule has 2 bridgehead atoms. The number of likely N-dealkylation sites (tertiary alicyclic amines) is 1. The second-order valence-electron chi connectivity index (χ2n) is 9.48. The van der Waals surface area contributed by atoms with E-state index < -0.39 is 5.92 Å². The van der Waals surface area contributed by atoms with Crippen LogP contribution in [-0.2, 0) is 14.4 Å². The fourth-order valence-corrected chi connectivity index (χ4v) is 4.93. The lowest BCUT2D eigenvalue weighted by atomic mass is 9.88. The van der Waals surface area contributed by atoms with Gasteiger partial charge >= 0.3 is 0 Å². The van der Waals surface area contributed by atoms with E-state index >= 15 is 0 Å². The van der Waals surface area contributed by atoms with Crippen molar-refractivity contribution < 1.29 is 28.7 Å². The van der Waals surface area contributed by atoms with Crippen molar-refractivity contribution in [2.24, 2.45) is 5.92 Å². The number of hydrogen-bond acceptors (Lipinski definition) is 7. The fourth-order valence-electron chi connectivity index (χ4n) is 4.82. The molecule has 4 amide bonds. The van der Waals surface area contributed by atoms with Gasteiger partial charge in [0.1, 0.15) is 12.3 Å². The van der Waals surface area contributed by atoms with Crippen LogP contribution < -0.4 is 20.1 Å². The predicted molar refractivity (Wildman–Crippen MR) is 143 cm³/mol. The van der Waals surface area contributed by atoms with E-state index in [4.69, 9.17) is 21.1 Å². The van der Waals surface area contributed by atoms with Gasteiger partial charge in [0.2, 0.25) is 17.7 Å². The molecular formula is C27H32ClN5O6. The highest BCUT2D eigenvalue weighted by molar-refractivity contribution is 6.30. The summed E-state index contributed by atoms with van der Waals surface area (Å²) in [5.41, 5.74) is 1.10. The summed E-state index contributed by atoms with van der Waals surface area (Å²) in [6.45, 7) is 3.02. The smallest absolute Gasteiger partial charge is 0.272 e. The molecule has 0 saturated carbocycles. The zero-order chi connectivity index (χ0) is 27.9. The van der Waals surface area contributed by atoms with Crippen molar-refractivity contribution in [1.82, 2.24) is 25.4 Å². The van der Waals surface area contributed by atoms with Gasteiger partial charge in [-0.2, -0.15) is 0 Å². The first kappa shape index (κ1) is 28.2. The van der Waals surface area contributed by atoms with Gasteiger partial charge in [-0.1, -0.05) is 17.7 Å². The Hall–Kier alpha value is -3.86. The monoisotopic (exact) mass is 557 g/mol. The Bertz CT molecular complexity index is 1220. The Balaban J connectivity index is 1.57. The van der Waals surface area contributed by atoms with Crippen LogP contribution in [0.4, 0.5) is 0 Å². The van der Waals surface area contributed by atoms with Crippen molar-refractivity contribution in [2.45, 2.75) is 19.3 Å². The highest BCUT2D eigenvalue weighted by Crippen LogP contribution is 2.37. The van der Waals surface area contributed by atoms with Crippen molar-refractivity contribution in [3.05, 3.63) is 52.8 Å². The first-order chi connectivity index (χ1) is 18.8. The summed E-state index contributed by atoms with van der Waals surface area (Å²) in [4.78, 5) is 57.9. The van der Waals surface area contributed by atoms with E-state index in [-0.39, 0.29) is 54.9 Å². The molecule has 3 heterocycles. The van der Waals surface area contributed by atoms with E-state index in [0.717, 1.165) is 5.56 Å². The zero-order valence-corrected chi connectivity index (χ0v) is 22.7. The summed E-state index contributed by atoms with van der Waals surface area (Å²) in [5, 5.41) is 5.95. The van der Waals surface area contributed by atoms with Crippen LogP contribution in [0.2, 0.25) is 5.02 Å². The largest absolute Gasteiger partial charge is 0.493 e. The quantitative estimate of drug-likeness (QED) is 0.582. The van der Waals surface area contributed by atoms with Crippen LogP contribution in [0.15, 0.2) is 36.5 Å².